The van der Waals surface area contributed by atoms with Crippen LogP contribution in [0.25, 0.3) is 0 Å². The molecule has 0 aromatic heterocycles. The minimum absolute atomic E-state index is 0.108. The first kappa shape index (κ1) is 16.0. The Morgan fingerprint density at radius 2 is 1.74 bits per heavy atom. The molecule has 0 aliphatic rings. The number of hydrogen-bond acceptors (Lipinski definition) is 2. The zero-order chi connectivity index (χ0) is 14.5. The maximum atomic E-state index is 11.9. The summed E-state index contributed by atoms with van der Waals surface area (Å²) in [6.45, 7) is 3.03. The van der Waals surface area contributed by atoms with Crippen molar-refractivity contribution in [3.8, 4) is 0 Å². The van der Waals surface area contributed by atoms with E-state index in [1.165, 1.54) is 0 Å². The molecule has 0 heterocycles. The fourth-order valence-electron chi connectivity index (χ4n) is 1.82. The first-order valence-electron chi connectivity index (χ1n) is 6.32. The molecule has 0 saturated heterocycles. The van der Waals surface area contributed by atoms with E-state index in [9.17, 15) is 18.3 Å². The third-order valence-electron chi connectivity index (χ3n) is 2.67. The molecule has 0 fully saturated rings. The Morgan fingerprint density at radius 3 is 2.21 bits per heavy atom. The first-order valence-corrected chi connectivity index (χ1v) is 6.32. The van der Waals surface area contributed by atoms with Crippen LogP contribution in [0.3, 0.4) is 0 Å². The molecule has 0 radical (unpaired) electrons. The van der Waals surface area contributed by atoms with Crippen LogP contribution in [0.4, 0.5) is 13.2 Å². The molecular weight excluding hydrogens is 255 g/mol. The van der Waals surface area contributed by atoms with E-state index in [2.05, 4.69) is 19.2 Å². The van der Waals surface area contributed by atoms with E-state index in [0.29, 0.717) is 11.5 Å². The first-order chi connectivity index (χ1) is 8.78. The Labute approximate surface area is 111 Å². The molecule has 0 bridgehead atoms. The molecule has 0 saturated carbocycles. The van der Waals surface area contributed by atoms with Crippen LogP contribution in [0, 0.1) is 5.92 Å². The average molecular weight is 275 g/mol. The second-order valence-corrected chi connectivity index (χ2v) is 5.10. The van der Waals surface area contributed by atoms with Crippen LogP contribution in [-0.4, -0.2) is 24.4 Å². The summed E-state index contributed by atoms with van der Waals surface area (Å²) >= 11 is 0. The molecule has 1 rings (SSSR count). The van der Waals surface area contributed by atoms with Crippen molar-refractivity contribution in [3.05, 3.63) is 35.4 Å². The zero-order valence-corrected chi connectivity index (χ0v) is 11.2. The van der Waals surface area contributed by atoms with Gasteiger partial charge in [-0.25, -0.2) is 0 Å². The topological polar surface area (TPSA) is 32.3 Å². The van der Waals surface area contributed by atoms with Gasteiger partial charge in [-0.3, -0.25) is 0 Å². The zero-order valence-electron chi connectivity index (χ0n) is 11.2. The summed E-state index contributed by atoms with van der Waals surface area (Å²) in [5, 5.41) is 12.0. The van der Waals surface area contributed by atoms with Crippen LogP contribution in [0.5, 0.6) is 0 Å². The minimum atomic E-state index is -4.25. The summed E-state index contributed by atoms with van der Waals surface area (Å²) in [4.78, 5) is 0. The van der Waals surface area contributed by atoms with Crippen molar-refractivity contribution >= 4 is 0 Å². The van der Waals surface area contributed by atoms with Crippen molar-refractivity contribution in [1.82, 2.24) is 5.32 Å². The second kappa shape index (κ2) is 6.91. The van der Waals surface area contributed by atoms with Gasteiger partial charge < -0.3 is 10.4 Å². The Kier molecular flexibility index (Phi) is 5.82. The Morgan fingerprint density at radius 1 is 1.16 bits per heavy atom. The number of halogens is 3. The predicted molar refractivity (Wildman–Crippen MR) is 68.9 cm³/mol. The summed E-state index contributed by atoms with van der Waals surface area (Å²) in [5.74, 6) is 0.546. The number of rotatable bonds is 6. The van der Waals surface area contributed by atoms with E-state index in [1.54, 1.807) is 12.1 Å². The van der Waals surface area contributed by atoms with Crippen molar-refractivity contribution in [2.24, 2.45) is 5.92 Å². The minimum Gasteiger partial charge on any atom is -0.387 e. The van der Waals surface area contributed by atoms with Gasteiger partial charge >= 0.3 is 6.18 Å². The van der Waals surface area contributed by atoms with Gasteiger partial charge in [-0.1, -0.05) is 38.1 Å². The van der Waals surface area contributed by atoms with Gasteiger partial charge in [-0.05, 0) is 23.5 Å². The van der Waals surface area contributed by atoms with Crippen molar-refractivity contribution in [3.63, 3.8) is 0 Å². The van der Waals surface area contributed by atoms with E-state index >= 15 is 0 Å². The van der Waals surface area contributed by atoms with E-state index < -0.39 is 18.8 Å². The number of alkyl halides is 3. The van der Waals surface area contributed by atoms with E-state index in [-0.39, 0.29) is 6.54 Å². The molecular formula is C14H20F3NO. The Balaban J connectivity index is 2.46. The van der Waals surface area contributed by atoms with Gasteiger partial charge in [0.05, 0.1) is 12.6 Å². The van der Waals surface area contributed by atoms with Crippen molar-refractivity contribution in [2.45, 2.75) is 32.5 Å². The molecule has 0 amide bonds. The van der Waals surface area contributed by atoms with Crippen LogP contribution < -0.4 is 5.32 Å². The lowest BCUT2D eigenvalue weighted by Crippen LogP contribution is -2.31. The highest BCUT2D eigenvalue weighted by Crippen LogP contribution is 2.16. The van der Waals surface area contributed by atoms with Gasteiger partial charge in [0.15, 0.2) is 0 Å². The van der Waals surface area contributed by atoms with E-state index in [1.807, 2.05) is 12.1 Å². The van der Waals surface area contributed by atoms with Crippen molar-refractivity contribution in [2.75, 3.05) is 13.1 Å². The highest BCUT2D eigenvalue weighted by atomic mass is 19.4. The van der Waals surface area contributed by atoms with Crippen molar-refractivity contribution < 1.29 is 18.3 Å². The lowest BCUT2D eigenvalue weighted by molar-refractivity contribution is -0.125. The molecule has 5 heteroatoms. The molecule has 0 spiro atoms. The molecule has 2 N–H and O–H groups in total. The normalized spacial score (nSPS) is 13.8. The molecule has 2 nitrogen and oxygen atoms in total. The van der Waals surface area contributed by atoms with Crippen LogP contribution in [-0.2, 0) is 6.42 Å². The average Bonchev–Trinajstić information content (AvgIpc) is 2.27. The standard InChI is InChI=1S/C14H20F3NO/c1-10(2)7-11-3-5-12(6-4-11)13(19)8-18-9-14(15,16)17/h3-6,10,13,18-19H,7-9H2,1-2H3. The number of hydrogen-bond donors (Lipinski definition) is 2. The van der Waals surface area contributed by atoms with Gasteiger partial charge in [0.1, 0.15) is 0 Å². The van der Waals surface area contributed by atoms with Gasteiger partial charge in [0, 0.05) is 6.54 Å². The quantitative estimate of drug-likeness (QED) is 0.836. The molecule has 108 valence electrons. The van der Waals surface area contributed by atoms with Crippen molar-refractivity contribution in [1.29, 1.82) is 0 Å². The van der Waals surface area contributed by atoms with Crippen LogP contribution in [0.1, 0.15) is 31.1 Å². The lowest BCUT2D eigenvalue weighted by atomic mass is 10.0. The number of aliphatic hydroxyl groups excluding tert-OH is 1. The van der Waals surface area contributed by atoms with E-state index in [4.69, 9.17) is 0 Å². The maximum absolute atomic E-state index is 11.9. The Bertz CT molecular complexity index is 373. The third-order valence-corrected chi connectivity index (χ3v) is 2.67. The SMILES string of the molecule is CC(C)Cc1ccc(C(O)CNCC(F)(F)F)cc1. The highest BCUT2D eigenvalue weighted by molar-refractivity contribution is 5.24. The molecule has 1 aromatic carbocycles. The molecule has 0 aliphatic carbocycles. The summed E-state index contributed by atoms with van der Waals surface area (Å²) < 4.78 is 35.8. The number of benzene rings is 1. The molecule has 1 atom stereocenters. The van der Waals surface area contributed by atoms with Crippen LogP contribution in [0.2, 0.25) is 0 Å². The third kappa shape index (κ3) is 6.59. The maximum Gasteiger partial charge on any atom is 0.401 e. The van der Waals surface area contributed by atoms with Crippen LogP contribution >= 0.6 is 0 Å². The number of aliphatic hydroxyl groups is 1. The molecule has 1 unspecified atom stereocenters. The van der Waals surface area contributed by atoms with Gasteiger partial charge in [-0.2, -0.15) is 13.2 Å². The molecule has 0 aliphatic heterocycles. The largest absolute Gasteiger partial charge is 0.401 e. The van der Waals surface area contributed by atoms with E-state index in [0.717, 1.165) is 12.0 Å². The molecule has 19 heavy (non-hydrogen) atoms. The summed E-state index contributed by atoms with van der Waals surface area (Å²) in [5.41, 5.74) is 1.79. The second-order valence-electron chi connectivity index (χ2n) is 5.10. The summed E-state index contributed by atoms with van der Waals surface area (Å²) in [6, 6.07) is 7.33. The fraction of sp³-hybridized carbons (Fsp3) is 0.571. The summed E-state index contributed by atoms with van der Waals surface area (Å²) in [6.07, 6.45) is -4.22. The monoisotopic (exact) mass is 275 g/mol. The van der Waals surface area contributed by atoms with Gasteiger partial charge in [0.25, 0.3) is 0 Å². The summed E-state index contributed by atoms with van der Waals surface area (Å²) in [7, 11) is 0. The Hall–Kier alpha value is -1.07. The fourth-order valence-corrected chi connectivity index (χ4v) is 1.82. The van der Waals surface area contributed by atoms with Gasteiger partial charge in [0.2, 0.25) is 0 Å². The lowest BCUT2D eigenvalue weighted by Gasteiger charge is -2.14. The predicted octanol–water partition coefficient (Wildman–Crippen LogP) is 3.07. The van der Waals surface area contributed by atoms with Gasteiger partial charge in [-0.15, -0.1) is 0 Å². The smallest absolute Gasteiger partial charge is 0.387 e. The number of nitrogens with one attached hydrogen (secondary N) is 1. The highest BCUT2D eigenvalue weighted by Gasteiger charge is 2.26. The molecule has 1 aromatic rings. The van der Waals surface area contributed by atoms with Crippen LogP contribution in [0.15, 0.2) is 24.3 Å².